The summed E-state index contributed by atoms with van der Waals surface area (Å²) in [5, 5.41) is 14.9. The van der Waals surface area contributed by atoms with Crippen molar-refractivity contribution in [3.8, 4) is 5.75 Å². The molecule has 0 bridgehead atoms. The molecule has 176 valence electrons. The molecular weight excluding hydrogens is 460 g/mol. The molecule has 1 N–H and O–H groups in total. The van der Waals surface area contributed by atoms with E-state index in [1.807, 2.05) is 0 Å². The lowest BCUT2D eigenvalue weighted by Crippen LogP contribution is -2.39. The van der Waals surface area contributed by atoms with Crippen molar-refractivity contribution in [3.05, 3.63) is 94.5 Å². The van der Waals surface area contributed by atoms with Crippen molar-refractivity contribution in [2.45, 2.75) is 11.8 Å². The van der Waals surface area contributed by atoms with Crippen molar-refractivity contribution in [3.63, 3.8) is 0 Å². The number of carbonyl (C=O) groups is 1. The number of hydrogen-bond acceptors (Lipinski definition) is 7. The average Bonchev–Trinajstić information content (AvgIpc) is 2.84. The lowest BCUT2D eigenvalue weighted by Gasteiger charge is -2.25. The highest BCUT2D eigenvalue weighted by atomic mass is 32.2. The fourth-order valence-corrected chi connectivity index (χ4v) is 4.52. The summed E-state index contributed by atoms with van der Waals surface area (Å²) in [5.74, 6) is -0.457. The third-order valence-corrected chi connectivity index (χ3v) is 6.35. The third-order valence-electron chi connectivity index (χ3n) is 4.58. The first-order valence-electron chi connectivity index (χ1n) is 10.2. The molecule has 34 heavy (non-hydrogen) atoms. The van der Waals surface area contributed by atoms with E-state index in [-0.39, 0.29) is 21.8 Å². The van der Waals surface area contributed by atoms with E-state index in [1.165, 1.54) is 36.4 Å². The van der Waals surface area contributed by atoms with E-state index in [9.17, 15) is 23.3 Å². The van der Waals surface area contributed by atoms with Gasteiger partial charge >= 0.3 is 0 Å². The Morgan fingerprint density at radius 1 is 1.06 bits per heavy atom. The lowest BCUT2D eigenvalue weighted by atomic mass is 10.2. The van der Waals surface area contributed by atoms with Crippen LogP contribution in [0.4, 0.5) is 11.4 Å². The molecule has 0 saturated heterocycles. The highest BCUT2D eigenvalue weighted by Crippen LogP contribution is 2.32. The van der Waals surface area contributed by atoms with Gasteiger partial charge in [-0.25, -0.2) is 13.8 Å². The van der Waals surface area contributed by atoms with Crippen LogP contribution in [0.1, 0.15) is 12.5 Å². The number of hydrogen-bond donors (Lipinski definition) is 1. The summed E-state index contributed by atoms with van der Waals surface area (Å²) in [6.07, 6.45) is 1.13. The first-order valence-corrected chi connectivity index (χ1v) is 11.6. The highest BCUT2D eigenvalue weighted by Gasteiger charge is 2.29. The van der Waals surface area contributed by atoms with E-state index in [0.717, 1.165) is 10.5 Å². The van der Waals surface area contributed by atoms with Crippen LogP contribution >= 0.6 is 0 Å². The molecule has 3 aromatic rings. The zero-order valence-electron chi connectivity index (χ0n) is 18.2. The number of para-hydroxylation sites is 3. The summed E-state index contributed by atoms with van der Waals surface area (Å²) < 4.78 is 33.3. The monoisotopic (exact) mass is 482 g/mol. The van der Waals surface area contributed by atoms with Crippen molar-refractivity contribution < 1.29 is 22.9 Å². The minimum absolute atomic E-state index is 0.00230. The van der Waals surface area contributed by atoms with Gasteiger partial charge in [0.1, 0.15) is 12.3 Å². The summed E-state index contributed by atoms with van der Waals surface area (Å²) in [7, 11) is -4.13. The van der Waals surface area contributed by atoms with Crippen molar-refractivity contribution in [1.29, 1.82) is 0 Å². The fraction of sp³-hybridized carbons (Fsp3) is 0.130. The van der Waals surface area contributed by atoms with Gasteiger partial charge in [-0.1, -0.05) is 42.5 Å². The molecule has 11 heteroatoms. The maximum absolute atomic E-state index is 13.4. The normalized spacial score (nSPS) is 11.2. The SMILES string of the molecule is CCOc1ccccc1N(CC(=O)N/N=C\c1ccccc1[N+](=O)[O-])S(=O)(=O)c1ccccc1. The predicted octanol–water partition coefficient (Wildman–Crippen LogP) is 3.34. The first-order chi connectivity index (χ1) is 16.3. The van der Waals surface area contributed by atoms with Crippen LogP contribution in [-0.4, -0.2) is 38.6 Å². The van der Waals surface area contributed by atoms with Crippen LogP contribution in [-0.2, 0) is 14.8 Å². The number of ether oxygens (including phenoxy) is 1. The van der Waals surface area contributed by atoms with Gasteiger partial charge in [-0.2, -0.15) is 5.10 Å². The molecule has 0 aliphatic rings. The van der Waals surface area contributed by atoms with Gasteiger partial charge in [0.25, 0.3) is 21.6 Å². The van der Waals surface area contributed by atoms with E-state index in [4.69, 9.17) is 4.74 Å². The van der Waals surface area contributed by atoms with Crippen LogP contribution in [0, 0.1) is 10.1 Å². The quantitative estimate of drug-likeness (QED) is 0.268. The maximum atomic E-state index is 13.4. The van der Waals surface area contributed by atoms with Crippen molar-refractivity contribution in [2.75, 3.05) is 17.5 Å². The molecule has 0 saturated carbocycles. The van der Waals surface area contributed by atoms with Crippen LogP contribution in [0.5, 0.6) is 5.75 Å². The Balaban J connectivity index is 1.89. The van der Waals surface area contributed by atoms with Crippen LogP contribution in [0.2, 0.25) is 0 Å². The molecule has 0 unspecified atom stereocenters. The predicted molar refractivity (Wildman–Crippen MR) is 127 cm³/mol. The zero-order valence-corrected chi connectivity index (χ0v) is 19.0. The lowest BCUT2D eigenvalue weighted by molar-refractivity contribution is -0.385. The second kappa shape index (κ2) is 11.1. The Morgan fingerprint density at radius 2 is 1.71 bits per heavy atom. The van der Waals surface area contributed by atoms with E-state index < -0.39 is 27.4 Å². The van der Waals surface area contributed by atoms with E-state index in [2.05, 4.69) is 10.5 Å². The van der Waals surface area contributed by atoms with Crippen LogP contribution in [0.25, 0.3) is 0 Å². The molecular formula is C23H22N4O6S. The highest BCUT2D eigenvalue weighted by molar-refractivity contribution is 7.92. The number of benzene rings is 3. The van der Waals surface area contributed by atoms with Gasteiger partial charge in [0.15, 0.2) is 0 Å². The molecule has 1 amide bonds. The summed E-state index contributed by atoms with van der Waals surface area (Å²) >= 11 is 0. The summed E-state index contributed by atoms with van der Waals surface area (Å²) in [5.41, 5.74) is 2.42. The van der Waals surface area contributed by atoms with Gasteiger partial charge in [0.2, 0.25) is 0 Å². The summed E-state index contributed by atoms with van der Waals surface area (Å²) in [6, 6.07) is 20.0. The minimum atomic E-state index is -4.13. The largest absolute Gasteiger partial charge is 0.492 e. The molecule has 0 aromatic heterocycles. The topological polar surface area (TPSA) is 131 Å². The number of hydrazone groups is 1. The second-order valence-corrected chi connectivity index (χ2v) is 8.70. The Hall–Kier alpha value is -4.25. The van der Waals surface area contributed by atoms with Gasteiger partial charge < -0.3 is 4.74 Å². The second-order valence-electron chi connectivity index (χ2n) is 6.83. The van der Waals surface area contributed by atoms with Gasteiger partial charge in [-0.15, -0.1) is 0 Å². The van der Waals surface area contributed by atoms with Gasteiger partial charge in [-0.3, -0.25) is 19.2 Å². The number of nitrogens with zero attached hydrogens (tertiary/aromatic N) is 3. The molecule has 0 heterocycles. The number of amides is 1. The van der Waals surface area contributed by atoms with Gasteiger partial charge in [0, 0.05) is 6.07 Å². The minimum Gasteiger partial charge on any atom is -0.492 e. The molecule has 3 rings (SSSR count). The van der Waals surface area contributed by atoms with Crippen molar-refractivity contribution >= 4 is 33.5 Å². The molecule has 0 fully saturated rings. The van der Waals surface area contributed by atoms with Crippen LogP contribution in [0.3, 0.4) is 0 Å². The first kappa shape index (κ1) is 24.4. The molecule has 0 aliphatic carbocycles. The number of rotatable bonds is 10. The van der Waals surface area contributed by atoms with Crippen LogP contribution in [0.15, 0.2) is 88.9 Å². The number of sulfonamides is 1. The van der Waals surface area contributed by atoms with Crippen molar-refractivity contribution in [2.24, 2.45) is 5.10 Å². The van der Waals surface area contributed by atoms with E-state index >= 15 is 0 Å². The fourth-order valence-electron chi connectivity index (χ4n) is 3.06. The Morgan fingerprint density at radius 3 is 2.41 bits per heavy atom. The van der Waals surface area contributed by atoms with Gasteiger partial charge in [0.05, 0.1) is 33.9 Å². The Bertz CT molecular complexity index is 1300. The molecule has 0 radical (unpaired) electrons. The van der Waals surface area contributed by atoms with E-state index in [1.54, 1.807) is 49.4 Å². The molecule has 3 aromatic carbocycles. The zero-order chi connectivity index (χ0) is 24.6. The summed E-state index contributed by atoms with van der Waals surface area (Å²) in [6.45, 7) is 1.45. The smallest absolute Gasteiger partial charge is 0.278 e. The Labute approximate surface area is 196 Å². The summed E-state index contributed by atoms with van der Waals surface area (Å²) in [4.78, 5) is 23.2. The number of nitrogens with one attached hydrogen (secondary N) is 1. The molecule has 0 spiro atoms. The number of carbonyl (C=O) groups excluding carboxylic acids is 1. The van der Waals surface area contributed by atoms with Crippen molar-refractivity contribution in [1.82, 2.24) is 5.43 Å². The maximum Gasteiger partial charge on any atom is 0.278 e. The van der Waals surface area contributed by atoms with Crippen LogP contribution < -0.4 is 14.5 Å². The standard InChI is InChI=1S/C23H22N4O6S/c1-2-33-22-15-9-8-14-21(22)26(34(31,32)19-11-4-3-5-12-19)17-23(28)25-24-16-18-10-6-7-13-20(18)27(29)30/h3-16H,2,17H2,1H3,(H,25,28)/b24-16-. The third kappa shape index (κ3) is 5.75. The number of anilines is 1. The number of nitro groups is 1. The molecule has 0 aliphatic heterocycles. The number of nitro benzene ring substituents is 1. The molecule has 0 atom stereocenters. The average molecular weight is 483 g/mol. The Kier molecular flexibility index (Phi) is 7.93. The van der Waals surface area contributed by atoms with Gasteiger partial charge in [-0.05, 0) is 37.3 Å². The molecule has 10 nitrogen and oxygen atoms in total. The van der Waals surface area contributed by atoms with E-state index in [0.29, 0.717) is 12.4 Å².